The molecule has 2 aliphatic rings. The van der Waals surface area contributed by atoms with Gasteiger partial charge in [0, 0.05) is 53.2 Å². The normalized spacial score (nSPS) is 24.1. The van der Waals surface area contributed by atoms with Crippen molar-refractivity contribution in [1.29, 1.82) is 0 Å². The van der Waals surface area contributed by atoms with Crippen LogP contribution in [0.1, 0.15) is 67.0 Å². The summed E-state index contributed by atoms with van der Waals surface area (Å²) in [5.74, 6) is -1.48. The van der Waals surface area contributed by atoms with Crippen LogP contribution in [0.5, 0.6) is 0 Å². The van der Waals surface area contributed by atoms with Crippen molar-refractivity contribution in [2.75, 3.05) is 27.2 Å². The van der Waals surface area contributed by atoms with E-state index in [4.69, 9.17) is 16.7 Å². The number of nitrogens with zero attached hydrogens (tertiary/aromatic N) is 4. The number of likely N-dealkylation sites (tertiary alicyclic amines) is 1. The number of carbonyl (C=O) groups excluding carboxylic acids is 1. The molecule has 8 heteroatoms. The second kappa shape index (κ2) is 10.7. The highest BCUT2D eigenvalue weighted by atomic mass is 35.5. The monoisotopic (exact) mass is 554 g/mol. The van der Waals surface area contributed by atoms with E-state index in [0.717, 1.165) is 41.5 Å². The van der Waals surface area contributed by atoms with Crippen LogP contribution in [-0.4, -0.2) is 58.2 Å². The Morgan fingerprint density at radius 1 is 1.05 bits per heavy atom. The number of aryl methyl sites for hydroxylation is 2. The van der Waals surface area contributed by atoms with Crippen molar-refractivity contribution in [3.05, 3.63) is 81.6 Å². The molecular weight excluding hydrogens is 518 g/mol. The first-order chi connectivity index (χ1) is 18.5. The summed E-state index contributed by atoms with van der Waals surface area (Å²) in [6, 6.07) is 11.9. The van der Waals surface area contributed by atoms with Crippen LogP contribution in [0.3, 0.4) is 0 Å². The standard InChI is InChI=1S/C31H37ClF2N4O/c1-19-6-8-23(16-27(19)32)38-29(14-20(2)35-38)21-10-12-37(13-11-21)30(39)26-18-31(3,36(4)5)17-25(26)24-9-7-22(33)15-28(24)34/h6-9,14-16,21,25-26H,10-13,17-18H2,1-5H3/t25-,26+,31?/m0/s1. The number of rotatable bonds is 5. The molecule has 0 radical (unpaired) electrons. The molecule has 0 N–H and O–H groups in total. The molecule has 5 rings (SSSR count). The van der Waals surface area contributed by atoms with Gasteiger partial charge in [0.15, 0.2) is 0 Å². The Morgan fingerprint density at radius 3 is 2.41 bits per heavy atom. The Bertz CT molecular complexity index is 1380. The van der Waals surface area contributed by atoms with Crippen LogP contribution in [0.2, 0.25) is 5.02 Å². The van der Waals surface area contributed by atoms with Gasteiger partial charge in [-0.3, -0.25) is 4.79 Å². The van der Waals surface area contributed by atoms with Gasteiger partial charge in [0.25, 0.3) is 0 Å². The van der Waals surface area contributed by atoms with Crippen LogP contribution >= 0.6 is 11.6 Å². The average molecular weight is 555 g/mol. The van der Waals surface area contributed by atoms with Crippen LogP contribution in [0.25, 0.3) is 5.69 Å². The molecule has 3 aromatic rings. The number of carbonyl (C=O) groups is 1. The Labute approximate surface area is 234 Å². The second-order valence-electron chi connectivity index (χ2n) is 11.8. The third-order valence-corrected chi connectivity index (χ3v) is 9.46. The largest absolute Gasteiger partial charge is 0.342 e. The van der Waals surface area contributed by atoms with Crippen LogP contribution in [0.15, 0.2) is 42.5 Å². The summed E-state index contributed by atoms with van der Waals surface area (Å²) in [7, 11) is 4.01. The van der Waals surface area contributed by atoms with Gasteiger partial charge in [0.05, 0.1) is 11.4 Å². The topological polar surface area (TPSA) is 41.4 Å². The molecule has 39 heavy (non-hydrogen) atoms. The predicted octanol–water partition coefficient (Wildman–Crippen LogP) is 6.64. The van der Waals surface area contributed by atoms with Crippen molar-refractivity contribution in [2.24, 2.45) is 5.92 Å². The zero-order valence-electron chi connectivity index (χ0n) is 23.3. The third-order valence-electron chi connectivity index (χ3n) is 9.05. The quantitative estimate of drug-likeness (QED) is 0.355. The average Bonchev–Trinajstić information content (AvgIpc) is 3.46. The molecule has 1 aliphatic carbocycles. The van der Waals surface area contributed by atoms with Gasteiger partial charge in [0.1, 0.15) is 11.6 Å². The van der Waals surface area contributed by atoms with Crippen molar-refractivity contribution >= 4 is 17.5 Å². The Morgan fingerprint density at radius 2 is 1.77 bits per heavy atom. The molecule has 1 amide bonds. The lowest BCUT2D eigenvalue weighted by molar-refractivity contribution is -0.137. The SMILES string of the molecule is Cc1cc(C2CCN(C(=O)[C@@H]3CC(C)(N(C)C)C[C@H]3c3ccc(F)cc3F)CC2)n(-c2ccc(C)c(Cl)c2)n1. The Kier molecular flexibility index (Phi) is 7.59. The number of halogens is 3. The van der Waals surface area contributed by atoms with Crippen LogP contribution in [0.4, 0.5) is 8.78 Å². The minimum Gasteiger partial charge on any atom is -0.342 e. The molecule has 5 nitrogen and oxygen atoms in total. The molecule has 0 spiro atoms. The molecule has 0 bridgehead atoms. The minimum atomic E-state index is -0.600. The zero-order valence-corrected chi connectivity index (χ0v) is 24.1. The van der Waals surface area contributed by atoms with Crippen molar-refractivity contribution in [3.63, 3.8) is 0 Å². The summed E-state index contributed by atoms with van der Waals surface area (Å²) in [6.07, 6.45) is 2.93. The molecule has 3 atom stereocenters. The van der Waals surface area contributed by atoms with Gasteiger partial charge in [-0.25, -0.2) is 13.5 Å². The maximum atomic E-state index is 14.9. The molecule has 2 aromatic carbocycles. The van der Waals surface area contributed by atoms with Gasteiger partial charge >= 0.3 is 0 Å². The summed E-state index contributed by atoms with van der Waals surface area (Å²) < 4.78 is 30.6. The molecule has 1 saturated carbocycles. The van der Waals surface area contributed by atoms with Gasteiger partial charge in [-0.05, 0) is 95.9 Å². The van der Waals surface area contributed by atoms with E-state index >= 15 is 0 Å². The van der Waals surface area contributed by atoms with Crippen molar-refractivity contribution < 1.29 is 13.6 Å². The predicted molar refractivity (Wildman–Crippen MR) is 151 cm³/mol. The molecule has 1 unspecified atom stereocenters. The van der Waals surface area contributed by atoms with Crippen LogP contribution < -0.4 is 0 Å². The first kappa shape index (κ1) is 27.8. The first-order valence-electron chi connectivity index (χ1n) is 13.7. The fraction of sp³-hybridized carbons (Fsp3) is 0.484. The highest BCUT2D eigenvalue weighted by molar-refractivity contribution is 6.31. The van der Waals surface area contributed by atoms with Crippen LogP contribution in [-0.2, 0) is 4.79 Å². The molecule has 1 saturated heterocycles. The maximum Gasteiger partial charge on any atom is 0.226 e. The number of aromatic nitrogens is 2. The number of piperidine rings is 1. The Balaban J connectivity index is 1.35. The molecule has 2 fully saturated rings. The molecule has 208 valence electrons. The molecular formula is C31H37ClF2N4O. The summed E-state index contributed by atoms with van der Waals surface area (Å²) >= 11 is 6.41. The summed E-state index contributed by atoms with van der Waals surface area (Å²) in [5, 5.41) is 5.45. The lowest BCUT2D eigenvalue weighted by Gasteiger charge is -2.35. The molecule has 1 aliphatic heterocycles. The van der Waals surface area contributed by atoms with E-state index < -0.39 is 11.6 Å². The fourth-order valence-corrected chi connectivity index (χ4v) is 6.60. The minimum absolute atomic E-state index is 0.0720. The van der Waals surface area contributed by atoms with E-state index in [1.165, 1.54) is 12.1 Å². The third kappa shape index (κ3) is 5.36. The summed E-state index contributed by atoms with van der Waals surface area (Å²) in [4.78, 5) is 18.0. The van der Waals surface area contributed by atoms with E-state index in [2.05, 4.69) is 17.9 Å². The lowest BCUT2D eigenvalue weighted by Crippen LogP contribution is -2.43. The number of benzene rings is 2. The molecule has 2 heterocycles. The lowest BCUT2D eigenvalue weighted by atomic mass is 9.86. The fourth-order valence-electron chi connectivity index (χ4n) is 6.43. The smallest absolute Gasteiger partial charge is 0.226 e. The summed E-state index contributed by atoms with van der Waals surface area (Å²) in [6.45, 7) is 7.37. The van der Waals surface area contributed by atoms with Crippen LogP contribution in [0, 0.1) is 31.4 Å². The van der Waals surface area contributed by atoms with E-state index in [9.17, 15) is 13.6 Å². The molecule has 1 aromatic heterocycles. The Hall–Kier alpha value is -2.77. The van der Waals surface area contributed by atoms with E-state index in [0.29, 0.717) is 36.5 Å². The first-order valence-corrected chi connectivity index (χ1v) is 14.1. The van der Waals surface area contributed by atoms with Crippen molar-refractivity contribution in [1.82, 2.24) is 19.6 Å². The second-order valence-corrected chi connectivity index (χ2v) is 12.2. The maximum absolute atomic E-state index is 14.9. The summed E-state index contributed by atoms with van der Waals surface area (Å²) in [5.41, 5.74) is 4.22. The van der Waals surface area contributed by atoms with Gasteiger partial charge in [0.2, 0.25) is 5.91 Å². The van der Waals surface area contributed by atoms with E-state index in [-0.39, 0.29) is 29.2 Å². The number of amides is 1. The zero-order chi connectivity index (χ0) is 28.1. The van der Waals surface area contributed by atoms with Gasteiger partial charge < -0.3 is 9.80 Å². The van der Waals surface area contributed by atoms with Gasteiger partial charge in [-0.15, -0.1) is 0 Å². The van der Waals surface area contributed by atoms with E-state index in [1.807, 2.05) is 55.7 Å². The van der Waals surface area contributed by atoms with E-state index in [1.54, 1.807) is 0 Å². The number of hydrogen-bond acceptors (Lipinski definition) is 3. The van der Waals surface area contributed by atoms with Gasteiger partial charge in [-0.2, -0.15) is 5.10 Å². The van der Waals surface area contributed by atoms with Crippen molar-refractivity contribution in [3.8, 4) is 5.69 Å². The number of hydrogen-bond donors (Lipinski definition) is 0. The van der Waals surface area contributed by atoms with Crippen molar-refractivity contribution in [2.45, 2.75) is 63.8 Å². The highest BCUT2D eigenvalue weighted by Gasteiger charge is 2.49. The van der Waals surface area contributed by atoms with Gasteiger partial charge in [-0.1, -0.05) is 23.7 Å². The highest BCUT2D eigenvalue weighted by Crippen LogP contribution is 2.49.